The summed E-state index contributed by atoms with van der Waals surface area (Å²) < 4.78 is 15.8. The van der Waals surface area contributed by atoms with Crippen LogP contribution in [0.5, 0.6) is 17.2 Å². The van der Waals surface area contributed by atoms with Crippen LogP contribution in [-0.2, 0) is 4.79 Å². The van der Waals surface area contributed by atoms with Crippen molar-refractivity contribution in [1.29, 1.82) is 0 Å². The molecule has 1 amide bonds. The molecule has 0 atom stereocenters. The Morgan fingerprint density at radius 3 is 2.44 bits per heavy atom. The first-order valence-electron chi connectivity index (χ1n) is 7.45. The van der Waals surface area contributed by atoms with Crippen LogP contribution in [0.4, 0.5) is 0 Å². The van der Waals surface area contributed by atoms with Gasteiger partial charge in [-0.1, -0.05) is 11.6 Å². The van der Waals surface area contributed by atoms with Crippen molar-refractivity contribution in [3.8, 4) is 17.2 Å². The first-order chi connectivity index (χ1) is 12.0. The van der Waals surface area contributed by atoms with Crippen LogP contribution in [0.2, 0.25) is 5.02 Å². The van der Waals surface area contributed by atoms with Crippen molar-refractivity contribution in [2.75, 3.05) is 20.8 Å². The molecule has 0 aromatic heterocycles. The highest BCUT2D eigenvalue weighted by Gasteiger charge is 2.05. The largest absolute Gasteiger partial charge is 0.497 e. The summed E-state index contributed by atoms with van der Waals surface area (Å²) in [7, 11) is 3.13. The number of rotatable bonds is 7. The summed E-state index contributed by atoms with van der Waals surface area (Å²) in [5, 5.41) is 4.52. The van der Waals surface area contributed by atoms with Crippen LogP contribution < -0.4 is 19.6 Å². The molecule has 0 radical (unpaired) electrons. The van der Waals surface area contributed by atoms with Gasteiger partial charge in [0.15, 0.2) is 6.61 Å². The number of nitrogens with zero attached hydrogens (tertiary/aromatic N) is 1. The quantitative estimate of drug-likeness (QED) is 0.606. The molecule has 6 nitrogen and oxygen atoms in total. The molecule has 0 saturated heterocycles. The van der Waals surface area contributed by atoms with Crippen molar-refractivity contribution in [3.05, 3.63) is 52.5 Å². The molecule has 0 fully saturated rings. The van der Waals surface area contributed by atoms with Crippen molar-refractivity contribution in [3.63, 3.8) is 0 Å². The summed E-state index contributed by atoms with van der Waals surface area (Å²) in [6.45, 7) is 1.70. The van der Waals surface area contributed by atoms with E-state index < -0.39 is 0 Å². The van der Waals surface area contributed by atoms with E-state index >= 15 is 0 Å². The molecule has 0 aliphatic carbocycles. The molecule has 0 unspecified atom stereocenters. The zero-order valence-corrected chi connectivity index (χ0v) is 15.0. The lowest BCUT2D eigenvalue weighted by atomic mass is 10.2. The monoisotopic (exact) mass is 362 g/mol. The average Bonchev–Trinajstić information content (AvgIpc) is 2.60. The second kappa shape index (κ2) is 8.94. The van der Waals surface area contributed by atoms with Crippen LogP contribution in [0.15, 0.2) is 41.5 Å². The van der Waals surface area contributed by atoms with Gasteiger partial charge in [0.1, 0.15) is 17.2 Å². The Hall–Kier alpha value is -2.73. The second-order valence-corrected chi connectivity index (χ2v) is 5.57. The van der Waals surface area contributed by atoms with E-state index in [2.05, 4.69) is 10.5 Å². The SMILES string of the molecule is COc1cc(/C=N\NC(=O)COc2ccc(Cl)cc2C)cc(OC)c1. The summed E-state index contributed by atoms with van der Waals surface area (Å²) in [4.78, 5) is 11.8. The van der Waals surface area contributed by atoms with E-state index in [9.17, 15) is 4.79 Å². The predicted molar refractivity (Wildman–Crippen MR) is 97.0 cm³/mol. The van der Waals surface area contributed by atoms with E-state index in [1.807, 2.05) is 6.92 Å². The summed E-state index contributed by atoms with van der Waals surface area (Å²) in [6, 6.07) is 10.5. The minimum Gasteiger partial charge on any atom is -0.497 e. The number of carbonyl (C=O) groups excluding carboxylic acids is 1. The Balaban J connectivity index is 1.90. The van der Waals surface area contributed by atoms with Gasteiger partial charge < -0.3 is 14.2 Å². The number of halogens is 1. The number of nitrogens with one attached hydrogen (secondary N) is 1. The van der Waals surface area contributed by atoms with E-state index in [-0.39, 0.29) is 12.5 Å². The first-order valence-corrected chi connectivity index (χ1v) is 7.83. The van der Waals surface area contributed by atoms with Crippen molar-refractivity contribution < 1.29 is 19.0 Å². The van der Waals surface area contributed by atoms with Gasteiger partial charge in [-0.25, -0.2) is 5.43 Å². The zero-order valence-electron chi connectivity index (χ0n) is 14.2. The number of aryl methyl sites for hydroxylation is 1. The van der Waals surface area contributed by atoms with Gasteiger partial charge in [-0.2, -0.15) is 5.10 Å². The maximum absolute atomic E-state index is 11.8. The standard InChI is InChI=1S/C18H19ClN2O4/c1-12-6-14(19)4-5-17(12)25-11-18(22)21-20-10-13-7-15(23-2)9-16(8-13)24-3/h4-10H,11H2,1-3H3,(H,21,22)/b20-10-. The third kappa shape index (κ3) is 5.69. The number of amides is 1. The number of benzene rings is 2. The lowest BCUT2D eigenvalue weighted by molar-refractivity contribution is -0.123. The van der Waals surface area contributed by atoms with Crippen LogP contribution >= 0.6 is 11.6 Å². The number of hydrogen-bond acceptors (Lipinski definition) is 5. The highest BCUT2D eigenvalue weighted by molar-refractivity contribution is 6.30. The number of hydrazone groups is 1. The lowest BCUT2D eigenvalue weighted by Gasteiger charge is -2.08. The van der Waals surface area contributed by atoms with Crippen LogP contribution in [0.25, 0.3) is 0 Å². The molecule has 0 spiro atoms. The first kappa shape index (κ1) is 18.6. The third-order valence-electron chi connectivity index (χ3n) is 3.27. The highest BCUT2D eigenvalue weighted by Crippen LogP contribution is 2.22. The van der Waals surface area contributed by atoms with Crippen molar-refractivity contribution >= 4 is 23.7 Å². The summed E-state index contributed by atoms with van der Waals surface area (Å²) in [5.74, 6) is 1.49. The average molecular weight is 363 g/mol. The van der Waals surface area contributed by atoms with Gasteiger partial charge in [0.2, 0.25) is 0 Å². The van der Waals surface area contributed by atoms with E-state index in [1.165, 1.54) is 6.21 Å². The van der Waals surface area contributed by atoms with Gasteiger partial charge in [-0.15, -0.1) is 0 Å². The van der Waals surface area contributed by atoms with Crippen molar-refractivity contribution in [1.82, 2.24) is 5.43 Å². The van der Waals surface area contributed by atoms with E-state index in [1.54, 1.807) is 50.6 Å². The highest BCUT2D eigenvalue weighted by atomic mass is 35.5. The summed E-state index contributed by atoms with van der Waals surface area (Å²) in [6.07, 6.45) is 1.50. The van der Waals surface area contributed by atoms with Crippen LogP contribution in [-0.4, -0.2) is 32.9 Å². The number of methoxy groups -OCH3 is 2. The Bertz CT molecular complexity index is 755. The molecule has 0 aliphatic rings. The Kier molecular flexibility index (Phi) is 6.65. The van der Waals surface area contributed by atoms with Crippen LogP contribution in [0.1, 0.15) is 11.1 Å². The number of carbonyl (C=O) groups is 1. The Labute approximate surface area is 151 Å². The third-order valence-corrected chi connectivity index (χ3v) is 3.51. The Morgan fingerprint density at radius 1 is 1.16 bits per heavy atom. The van der Waals surface area contributed by atoms with Gasteiger partial charge in [0, 0.05) is 16.7 Å². The molecule has 0 aliphatic heterocycles. The number of ether oxygens (including phenoxy) is 3. The van der Waals surface area contributed by atoms with Gasteiger partial charge in [-0.3, -0.25) is 4.79 Å². The van der Waals surface area contributed by atoms with Crippen molar-refractivity contribution in [2.45, 2.75) is 6.92 Å². The molecule has 1 N–H and O–H groups in total. The zero-order chi connectivity index (χ0) is 18.2. The normalized spacial score (nSPS) is 10.6. The van der Waals surface area contributed by atoms with E-state index in [0.29, 0.717) is 22.3 Å². The summed E-state index contributed by atoms with van der Waals surface area (Å²) >= 11 is 5.88. The smallest absolute Gasteiger partial charge is 0.277 e. The lowest BCUT2D eigenvalue weighted by Crippen LogP contribution is -2.24. The molecular weight excluding hydrogens is 344 g/mol. The fraction of sp³-hybridized carbons (Fsp3) is 0.222. The topological polar surface area (TPSA) is 69.2 Å². The fourth-order valence-corrected chi connectivity index (χ4v) is 2.26. The molecule has 132 valence electrons. The van der Waals surface area contributed by atoms with E-state index in [4.69, 9.17) is 25.8 Å². The number of hydrogen-bond donors (Lipinski definition) is 1. The molecule has 2 aromatic rings. The Morgan fingerprint density at radius 2 is 1.84 bits per heavy atom. The minimum atomic E-state index is -0.375. The molecule has 25 heavy (non-hydrogen) atoms. The van der Waals surface area contributed by atoms with Crippen LogP contribution in [0.3, 0.4) is 0 Å². The molecule has 2 aromatic carbocycles. The van der Waals surface area contributed by atoms with Gasteiger partial charge in [0.25, 0.3) is 5.91 Å². The minimum absolute atomic E-state index is 0.152. The van der Waals surface area contributed by atoms with E-state index in [0.717, 1.165) is 11.1 Å². The van der Waals surface area contributed by atoms with Crippen molar-refractivity contribution in [2.24, 2.45) is 5.10 Å². The van der Waals surface area contributed by atoms with Gasteiger partial charge >= 0.3 is 0 Å². The molecular formula is C18H19ClN2O4. The maximum Gasteiger partial charge on any atom is 0.277 e. The predicted octanol–water partition coefficient (Wildman–Crippen LogP) is 3.19. The molecule has 0 heterocycles. The molecule has 0 bridgehead atoms. The van der Waals surface area contributed by atoms with Gasteiger partial charge in [0.05, 0.1) is 20.4 Å². The second-order valence-electron chi connectivity index (χ2n) is 5.14. The maximum atomic E-state index is 11.8. The van der Waals surface area contributed by atoms with Crippen LogP contribution in [0, 0.1) is 6.92 Å². The van der Waals surface area contributed by atoms with Gasteiger partial charge in [-0.05, 0) is 42.8 Å². The molecule has 7 heteroatoms. The molecule has 0 saturated carbocycles. The summed E-state index contributed by atoms with van der Waals surface area (Å²) in [5.41, 5.74) is 3.99. The molecule has 2 rings (SSSR count). The fourth-order valence-electron chi connectivity index (χ4n) is 2.03.